The smallest absolute Gasteiger partial charge is 0.150 e. The Morgan fingerprint density at radius 1 is 1.44 bits per heavy atom. The zero-order valence-corrected chi connectivity index (χ0v) is 9.44. The van der Waals surface area contributed by atoms with Crippen molar-refractivity contribution in [2.24, 2.45) is 0 Å². The van der Waals surface area contributed by atoms with Crippen molar-refractivity contribution in [2.75, 3.05) is 0 Å². The average Bonchev–Trinajstić information content (AvgIpc) is 2.68. The minimum Gasteiger partial charge on any atom is -0.347 e. The number of nitrogens with zero attached hydrogens (tertiary/aromatic N) is 1. The first-order valence-corrected chi connectivity index (χ1v) is 5.39. The summed E-state index contributed by atoms with van der Waals surface area (Å²) in [5, 5.41) is 1.17. The van der Waals surface area contributed by atoms with E-state index in [2.05, 4.69) is 23.4 Å². The molecule has 1 heterocycles. The summed E-state index contributed by atoms with van der Waals surface area (Å²) in [7, 11) is 0. The lowest BCUT2D eigenvalue weighted by Gasteiger charge is -2.05. The second-order valence-corrected chi connectivity index (χ2v) is 4.15. The van der Waals surface area contributed by atoms with E-state index in [1.165, 1.54) is 11.0 Å². The van der Waals surface area contributed by atoms with E-state index in [1.807, 2.05) is 25.1 Å². The molecule has 2 rings (SSSR count). The third kappa shape index (κ3) is 2.06. The number of aldehydes is 1. The van der Waals surface area contributed by atoms with E-state index in [0.717, 1.165) is 30.3 Å². The van der Waals surface area contributed by atoms with Gasteiger partial charge in [0, 0.05) is 23.8 Å². The van der Waals surface area contributed by atoms with Crippen LogP contribution < -0.4 is 0 Å². The van der Waals surface area contributed by atoms with Gasteiger partial charge in [-0.05, 0) is 30.9 Å². The molecule has 0 atom stereocenters. The zero-order valence-electron chi connectivity index (χ0n) is 9.44. The summed E-state index contributed by atoms with van der Waals surface area (Å²) in [6.07, 6.45) is 3.91. The highest BCUT2D eigenvalue weighted by Gasteiger charge is 2.01. The van der Waals surface area contributed by atoms with Crippen LogP contribution in [0.15, 0.2) is 42.6 Å². The minimum absolute atomic E-state index is 0.725. The molecule has 16 heavy (non-hydrogen) atoms. The maximum absolute atomic E-state index is 10.7. The first-order valence-electron chi connectivity index (χ1n) is 5.39. The van der Waals surface area contributed by atoms with Crippen molar-refractivity contribution >= 4 is 17.2 Å². The van der Waals surface area contributed by atoms with Gasteiger partial charge >= 0.3 is 0 Å². The molecule has 0 aliphatic rings. The molecule has 0 spiro atoms. The summed E-state index contributed by atoms with van der Waals surface area (Å²) in [5.41, 5.74) is 3.02. The molecule has 0 N–H and O–H groups in total. The van der Waals surface area contributed by atoms with Crippen LogP contribution in [0.2, 0.25) is 0 Å². The third-order valence-corrected chi connectivity index (χ3v) is 2.71. The average molecular weight is 213 g/mol. The molecule has 2 aromatic rings. The summed E-state index contributed by atoms with van der Waals surface area (Å²) in [5.74, 6) is 0. The maximum atomic E-state index is 10.7. The molecule has 2 nitrogen and oxygen atoms in total. The number of carbonyl (C=O) groups excluding carboxylic acids is 1. The Hall–Kier alpha value is -1.83. The number of aromatic nitrogens is 1. The molecule has 82 valence electrons. The van der Waals surface area contributed by atoms with Gasteiger partial charge in [-0.3, -0.25) is 4.79 Å². The fraction of sp³-hybridized carbons (Fsp3) is 0.214. The molecule has 1 aromatic heterocycles. The molecule has 0 radical (unpaired) electrons. The highest BCUT2D eigenvalue weighted by atomic mass is 16.1. The maximum Gasteiger partial charge on any atom is 0.150 e. The van der Waals surface area contributed by atoms with E-state index in [0.29, 0.717) is 0 Å². The molecule has 0 unspecified atom stereocenters. The van der Waals surface area contributed by atoms with Crippen molar-refractivity contribution in [2.45, 2.75) is 19.9 Å². The molecule has 0 amide bonds. The van der Waals surface area contributed by atoms with Gasteiger partial charge in [0.1, 0.15) is 6.29 Å². The molecule has 0 saturated heterocycles. The zero-order chi connectivity index (χ0) is 11.5. The Morgan fingerprint density at radius 2 is 2.25 bits per heavy atom. The van der Waals surface area contributed by atoms with Crippen LogP contribution >= 0.6 is 0 Å². The predicted molar refractivity (Wildman–Crippen MR) is 66.8 cm³/mol. The van der Waals surface area contributed by atoms with E-state index in [9.17, 15) is 4.79 Å². The van der Waals surface area contributed by atoms with E-state index < -0.39 is 0 Å². The van der Waals surface area contributed by atoms with Crippen molar-refractivity contribution in [3.63, 3.8) is 0 Å². The van der Waals surface area contributed by atoms with Crippen LogP contribution in [0.4, 0.5) is 0 Å². The Morgan fingerprint density at radius 3 is 2.94 bits per heavy atom. The number of hydrogen-bond donors (Lipinski definition) is 0. The first-order chi connectivity index (χ1) is 7.70. The summed E-state index contributed by atoms with van der Waals surface area (Å²) in [6.45, 7) is 6.85. The lowest BCUT2D eigenvalue weighted by molar-refractivity contribution is 0.112. The summed E-state index contributed by atoms with van der Waals surface area (Å²) >= 11 is 0. The van der Waals surface area contributed by atoms with Crippen LogP contribution in [-0.4, -0.2) is 10.9 Å². The fourth-order valence-corrected chi connectivity index (χ4v) is 1.78. The standard InChI is InChI=1S/C14H15NO/c1-11(2)5-7-15-8-6-13-4-3-12(10-16)9-14(13)15/h3-4,6,8-10H,1,5,7H2,2H3. The number of hydrogen-bond acceptors (Lipinski definition) is 1. The minimum atomic E-state index is 0.725. The van der Waals surface area contributed by atoms with E-state index >= 15 is 0 Å². The Balaban J connectivity index is 2.37. The molecular weight excluding hydrogens is 198 g/mol. The van der Waals surface area contributed by atoms with Crippen molar-refractivity contribution < 1.29 is 4.79 Å². The molecular formula is C14H15NO. The van der Waals surface area contributed by atoms with Gasteiger partial charge in [0.05, 0.1) is 0 Å². The summed E-state index contributed by atoms with van der Waals surface area (Å²) in [6, 6.07) is 7.83. The van der Waals surface area contributed by atoms with Gasteiger partial charge in [0.15, 0.2) is 0 Å². The molecule has 0 saturated carbocycles. The number of benzene rings is 1. The molecule has 0 aliphatic carbocycles. The lowest BCUT2D eigenvalue weighted by Crippen LogP contribution is -1.96. The first kappa shape index (κ1) is 10.7. The largest absolute Gasteiger partial charge is 0.347 e. The van der Waals surface area contributed by atoms with Crippen molar-refractivity contribution in [3.05, 3.63) is 48.2 Å². The number of allylic oxidation sites excluding steroid dienone is 1. The van der Waals surface area contributed by atoms with Crippen LogP contribution in [0.25, 0.3) is 10.9 Å². The fourth-order valence-electron chi connectivity index (χ4n) is 1.78. The van der Waals surface area contributed by atoms with E-state index in [1.54, 1.807) is 0 Å². The second kappa shape index (κ2) is 4.35. The highest BCUT2D eigenvalue weighted by Crippen LogP contribution is 2.18. The number of carbonyl (C=O) groups is 1. The third-order valence-electron chi connectivity index (χ3n) is 2.71. The monoisotopic (exact) mass is 213 g/mol. The van der Waals surface area contributed by atoms with Crippen molar-refractivity contribution in [3.8, 4) is 0 Å². The SMILES string of the molecule is C=C(C)CCn1ccc2ccc(C=O)cc21. The topological polar surface area (TPSA) is 22.0 Å². The molecule has 0 fully saturated rings. The summed E-state index contributed by atoms with van der Waals surface area (Å²) < 4.78 is 2.16. The van der Waals surface area contributed by atoms with Crippen molar-refractivity contribution in [1.29, 1.82) is 0 Å². The Kier molecular flexibility index (Phi) is 2.91. The Bertz CT molecular complexity index is 537. The van der Waals surface area contributed by atoms with Crippen LogP contribution in [0, 0.1) is 0 Å². The van der Waals surface area contributed by atoms with Gasteiger partial charge in [-0.25, -0.2) is 0 Å². The lowest BCUT2D eigenvalue weighted by atomic mass is 10.2. The molecule has 0 aliphatic heterocycles. The summed E-state index contributed by atoms with van der Waals surface area (Å²) in [4.78, 5) is 10.7. The van der Waals surface area contributed by atoms with Crippen LogP contribution in [0.5, 0.6) is 0 Å². The van der Waals surface area contributed by atoms with Crippen LogP contribution in [-0.2, 0) is 6.54 Å². The Labute approximate surface area is 95.2 Å². The van der Waals surface area contributed by atoms with Gasteiger partial charge in [-0.1, -0.05) is 17.7 Å². The second-order valence-electron chi connectivity index (χ2n) is 4.15. The van der Waals surface area contributed by atoms with E-state index in [4.69, 9.17) is 0 Å². The van der Waals surface area contributed by atoms with Crippen molar-refractivity contribution in [1.82, 2.24) is 4.57 Å². The van der Waals surface area contributed by atoms with Gasteiger partial charge in [0.2, 0.25) is 0 Å². The van der Waals surface area contributed by atoms with Crippen LogP contribution in [0.1, 0.15) is 23.7 Å². The van der Waals surface area contributed by atoms with Crippen LogP contribution in [0.3, 0.4) is 0 Å². The molecule has 0 bridgehead atoms. The van der Waals surface area contributed by atoms with Gasteiger partial charge in [-0.15, -0.1) is 6.58 Å². The van der Waals surface area contributed by atoms with Gasteiger partial charge < -0.3 is 4.57 Å². The number of fused-ring (bicyclic) bond motifs is 1. The van der Waals surface area contributed by atoms with Gasteiger partial charge in [-0.2, -0.15) is 0 Å². The molecule has 1 aromatic carbocycles. The molecule has 2 heteroatoms. The highest BCUT2D eigenvalue weighted by molar-refractivity contribution is 5.87. The number of rotatable bonds is 4. The number of aryl methyl sites for hydroxylation is 1. The van der Waals surface area contributed by atoms with E-state index in [-0.39, 0.29) is 0 Å². The normalized spacial score (nSPS) is 10.6. The predicted octanol–water partition coefficient (Wildman–Crippen LogP) is 3.42. The quantitative estimate of drug-likeness (QED) is 0.563. The van der Waals surface area contributed by atoms with Gasteiger partial charge in [0.25, 0.3) is 0 Å².